The average Bonchev–Trinajstić information content (AvgIpc) is 2.70. The Morgan fingerprint density at radius 2 is 2.31 bits per heavy atom. The highest BCUT2D eigenvalue weighted by molar-refractivity contribution is 7.79. The third-order valence-corrected chi connectivity index (χ3v) is 2.73. The number of imidazole rings is 1. The SMILES string of the molecule is COC(=O)c1ccc2c(S(=O)O)ncn2c1. The fraction of sp³-hybridized carbons (Fsp3) is 0.111. The zero-order chi connectivity index (χ0) is 11.7. The van der Waals surface area contributed by atoms with E-state index < -0.39 is 17.0 Å². The average molecular weight is 240 g/mol. The molecule has 1 atom stereocenters. The Bertz CT molecular complexity index is 578. The molecular weight excluding hydrogens is 232 g/mol. The lowest BCUT2D eigenvalue weighted by Crippen LogP contribution is -2.02. The van der Waals surface area contributed by atoms with E-state index in [1.807, 2.05) is 0 Å². The van der Waals surface area contributed by atoms with E-state index in [0.717, 1.165) is 0 Å². The predicted molar refractivity (Wildman–Crippen MR) is 55.6 cm³/mol. The van der Waals surface area contributed by atoms with Gasteiger partial charge in [-0.3, -0.25) is 0 Å². The first kappa shape index (κ1) is 10.8. The minimum absolute atomic E-state index is 0.0661. The molecule has 0 aliphatic carbocycles. The van der Waals surface area contributed by atoms with E-state index >= 15 is 0 Å². The molecule has 0 amide bonds. The predicted octanol–water partition coefficient (Wildman–Crippen LogP) is 0.701. The minimum Gasteiger partial charge on any atom is -0.465 e. The van der Waals surface area contributed by atoms with Gasteiger partial charge in [0.25, 0.3) is 0 Å². The van der Waals surface area contributed by atoms with Crippen molar-refractivity contribution < 1.29 is 18.3 Å². The molecule has 1 N–H and O–H groups in total. The molecule has 0 spiro atoms. The van der Waals surface area contributed by atoms with Crippen LogP contribution in [0.2, 0.25) is 0 Å². The van der Waals surface area contributed by atoms with Crippen LogP contribution in [-0.2, 0) is 15.8 Å². The van der Waals surface area contributed by atoms with Crippen LogP contribution in [0, 0.1) is 0 Å². The zero-order valence-corrected chi connectivity index (χ0v) is 9.10. The van der Waals surface area contributed by atoms with Gasteiger partial charge in [0.2, 0.25) is 11.1 Å². The molecule has 0 saturated heterocycles. The highest BCUT2D eigenvalue weighted by Crippen LogP contribution is 2.14. The second-order valence-corrected chi connectivity index (χ2v) is 3.89. The number of carbonyl (C=O) groups is 1. The number of rotatable bonds is 2. The standard InChI is InChI=1S/C9H8N2O4S/c1-15-9(12)6-2-3-7-8(16(13)14)10-5-11(7)4-6/h2-5H,1H3,(H,13,14). The van der Waals surface area contributed by atoms with E-state index in [0.29, 0.717) is 11.1 Å². The molecule has 0 aliphatic heterocycles. The van der Waals surface area contributed by atoms with Gasteiger partial charge in [-0.15, -0.1) is 0 Å². The Morgan fingerprint density at radius 3 is 2.94 bits per heavy atom. The first-order valence-electron chi connectivity index (χ1n) is 4.29. The number of nitrogens with zero attached hydrogens (tertiary/aromatic N) is 2. The second-order valence-electron chi connectivity index (χ2n) is 3.00. The van der Waals surface area contributed by atoms with Crippen molar-refractivity contribution in [2.24, 2.45) is 0 Å². The molecule has 84 valence electrons. The van der Waals surface area contributed by atoms with Gasteiger partial charge in [0.05, 0.1) is 18.2 Å². The largest absolute Gasteiger partial charge is 0.465 e. The highest BCUT2D eigenvalue weighted by atomic mass is 32.2. The molecule has 1 unspecified atom stereocenters. The third-order valence-electron chi connectivity index (χ3n) is 2.08. The first-order chi connectivity index (χ1) is 7.63. The number of carbonyl (C=O) groups excluding carboxylic acids is 1. The van der Waals surface area contributed by atoms with Crippen molar-refractivity contribution in [3.05, 3.63) is 30.2 Å². The van der Waals surface area contributed by atoms with Crippen LogP contribution in [-0.4, -0.2) is 31.2 Å². The summed E-state index contributed by atoms with van der Waals surface area (Å²) in [6, 6.07) is 3.06. The highest BCUT2D eigenvalue weighted by Gasteiger charge is 2.12. The molecule has 2 heterocycles. The molecule has 0 aliphatic rings. The van der Waals surface area contributed by atoms with Crippen LogP contribution in [0.3, 0.4) is 0 Å². The number of aromatic nitrogens is 2. The third kappa shape index (κ3) is 1.70. The molecule has 2 rings (SSSR count). The lowest BCUT2D eigenvalue weighted by molar-refractivity contribution is 0.0600. The summed E-state index contributed by atoms with van der Waals surface area (Å²) in [5.74, 6) is -0.470. The van der Waals surface area contributed by atoms with Gasteiger partial charge in [-0.1, -0.05) is 0 Å². The second kappa shape index (κ2) is 4.03. The number of hydrogen-bond donors (Lipinski definition) is 1. The lowest BCUT2D eigenvalue weighted by Gasteiger charge is -2.00. The monoisotopic (exact) mass is 240 g/mol. The van der Waals surface area contributed by atoms with Gasteiger partial charge in [0.1, 0.15) is 6.33 Å². The number of esters is 1. The van der Waals surface area contributed by atoms with Gasteiger partial charge >= 0.3 is 5.97 Å². The zero-order valence-electron chi connectivity index (χ0n) is 8.28. The van der Waals surface area contributed by atoms with Crippen LogP contribution in [0.25, 0.3) is 5.52 Å². The number of pyridine rings is 1. The van der Waals surface area contributed by atoms with Crippen molar-refractivity contribution in [2.75, 3.05) is 7.11 Å². The summed E-state index contributed by atoms with van der Waals surface area (Å²) < 4.78 is 25.9. The van der Waals surface area contributed by atoms with Crippen LogP contribution in [0.15, 0.2) is 29.7 Å². The summed E-state index contributed by atoms with van der Waals surface area (Å²) in [7, 11) is 1.29. The van der Waals surface area contributed by atoms with Gasteiger partial charge in [0, 0.05) is 6.20 Å². The van der Waals surface area contributed by atoms with Gasteiger partial charge in [-0.2, -0.15) is 0 Å². The van der Waals surface area contributed by atoms with E-state index in [4.69, 9.17) is 4.55 Å². The van der Waals surface area contributed by atoms with Crippen LogP contribution in [0.1, 0.15) is 10.4 Å². The maximum Gasteiger partial charge on any atom is 0.339 e. The van der Waals surface area contributed by atoms with Crippen LogP contribution >= 0.6 is 0 Å². The van der Waals surface area contributed by atoms with Crippen molar-refractivity contribution in [3.8, 4) is 0 Å². The molecule has 0 bridgehead atoms. The first-order valence-corrected chi connectivity index (χ1v) is 5.40. The Kier molecular flexibility index (Phi) is 2.71. The number of ether oxygens (including phenoxy) is 1. The molecular formula is C9H8N2O4S. The summed E-state index contributed by atoms with van der Waals surface area (Å²) in [4.78, 5) is 15.0. The fourth-order valence-electron chi connectivity index (χ4n) is 1.35. The molecule has 6 nitrogen and oxygen atoms in total. The van der Waals surface area contributed by atoms with Gasteiger partial charge in [-0.25, -0.2) is 14.0 Å². The summed E-state index contributed by atoms with van der Waals surface area (Å²) in [6.45, 7) is 0. The van der Waals surface area contributed by atoms with Crippen molar-refractivity contribution in [3.63, 3.8) is 0 Å². The van der Waals surface area contributed by atoms with Crippen molar-refractivity contribution in [1.82, 2.24) is 9.38 Å². The summed E-state index contributed by atoms with van der Waals surface area (Å²) >= 11 is -2.14. The van der Waals surface area contributed by atoms with Crippen LogP contribution < -0.4 is 0 Å². The van der Waals surface area contributed by atoms with Gasteiger partial charge < -0.3 is 13.7 Å². The fourth-order valence-corrected chi connectivity index (χ4v) is 1.84. The van der Waals surface area contributed by atoms with Crippen LogP contribution in [0.5, 0.6) is 0 Å². The van der Waals surface area contributed by atoms with Gasteiger partial charge in [0.15, 0.2) is 5.03 Å². The number of hydrogen-bond acceptors (Lipinski definition) is 4. The lowest BCUT2D eigenvalue weighted by atomic mass is 10.3. The van der Waals surface area contributed by atoms with Crippen molar-refractivity contribution in [1.29, 1.82) is 0 Å². The quantitative estimate of drug-likeness (QED) is 0.617. The van der Waals surface area contributed by atoms with E-state index in [9.17, 15) is 9.00 Å². The van der Waals surface area contributed by atoms with Gasteiger partial charge in [-0.05, 0) is 12.1 Å². The molecule has 2 aromatic heterocycles. The van der Waals surface area contributed by atoms with Crippen LogP contribution in [0.4, 0.5) is 0 Å². The molecule has 2 aromatic rings. The normalized spacial score (nSPS) is 12.6. The van der Waals surface area contributed by atoms with E-state index in [1.165, 1.54) is 30.1 Å². The van der Waals surface area contributed by atoms with Crippen molar-refractivity contribution >= 4 is 22.6 Å². The van der Waals surface area contributed by atoms with E-state index in [2.05, 4.69) is 9.72 Å². The maximum atomic E-state index is 11.2. The molecule has 16 heavy (non-hydrogen) atoms. The summed E-state index contributed by atoms with van der Waals surface area (Å²) in [5.41, 5.74) is 0.830. The maximum absolute atomic E-state index is 11.2. The number of methoxy groups -OCH3 is 1. The molecule has 0 radical (unpaired) electrons. The minimum atomic E-state index is -2.14. The Hall–Kier alpha value is -1.73. The smallest absolute Gasteiger partial charge is 0.339 e. The molecule has 0 fully saturated rings. The number of fused-ring (bicyclic) bond motifs is 1. The Labute approximate surface area is 93.2 Å². The topological polar surface area (TPSA) is 80.9 Å². The van der Waals surface area contributed by atoms with Crippen molar-refractivity contribution in [2.45, 2.75) is 5.03 Å². The Morgan fingerprint density at radius 1 is 1.56 bits per heavy atom. The summed E-state index contributed by atoms with van der Waals surface area (Å²) in [5, 5.41) is 0.0661. The van der Waals surface area contributed by atoms with E-state index in [-0.39, 0.29) is 5.03 Å². The Balaban J connectivity index is 2.57. The molecule has 7 heteroatoms. The molecule has 0 aromatic carbocycles. The molecule has 0 saturated carbocycles. The summed E-state index contributed by atoms with van der Waals surface area (Å²) in [6.07, 6.45) is 2.86. The van der Waals surface area contributed by atoms with E-state index in [1.54, 1.807) is 6.07 Å².